The Balaban J connectivity index is 1.32. The van der Waals surface area contributed by atoms with Crippen LogP contribution in [0.15, 0.2) is 77.7 Å². The zero-order chi connectivity index (χ0) is 34.7. The number of rotatable bonds is 5. The van der Waals surface area contributed by atoms with Gasteiger partial charge in [0.05, 0.1) is 33.4 Å². The number of pyridine rings is 1. The van der Waals surface area contributed by atoms with E-state index in [4.69, 9.17) is 42.1 Å². The van der Waals surface area contributed by atoms with Crippen molar-refractivity contribution in [3.8, 4) is 23.0 Å². The first-order valence-corrected chi connectivity index (χ1v) is 16.0. The molecule has 3 aliphatic heterocycles. The van der Waals surface area contributed by atoms with Gasteiger partial charge in [-0.05, 0) is 48.5 Å². The largest absolute Gasteiger partial charge is 0.497 e. The number of nitrogens with zero attached hydrogens (tertiary/aromatic N) is 2. The van der Waals surface area contributed by atoms with Crippen LogP contribution < -0.4 is 35.1 Å². The van der Waals surface area contributed by atoms with Gasteiger partial charge >= 0.3 is 0 Å². The average molecular weight is 708 g/mol. The Bertz CT molecular complexity index is 1960. The number of hydrogen-bond acceptors (Lipinski definition) is 8. The zero-order valence-electron chi connectivity index (χ0n) is 26.5. The number of halogens is 2. The van der Waals surface area contributed by atoms with Crippen molar-refractivity contribution < 1.29 is 33.3 Å². The molecule has 3 amide bonds. The number of amides is 3. The molecular weight excluding hydrogens is 675 g/mol. The molecule has 4 bridgehead atoms. The summed E-state index contributed by atoms with van der Waals surface area (Å²) in [4.78, 5) is 55.2. The summed E-state index contributed by atoms with van der Waals surface area (Å²) < 4.78 is 24.3. The van der Waals surface area contributed by atoms with E-state index in [9.17, 15) is 19.2 Å². The highest BCUT2D eigenvalue weighted by Gasteiger charge is 2.39. The Morgan fingerprint density at radius 1 is 0.939 bits per heavy atom. The number of ether oxygens (including phenoxy) is 4. The summed E-state index contributed by atoms with van der Waals surface area (Å²) in [5.41, 5.74) is 0.871. The van der Waals surface area contributed by atoms with Gasteiger partial charge < -0.3 is 39.0 Å². The van der Waals surface area contributed by atoms with Gasteiger partial charge in [-0.15, -0.1) is 0 Å². The van der Waals surface area contributed by atoms with Crippen LogP contribution in [0.3, 0.4) is 0 Å². The SMILES string of the molecule is COc1cc2cc(c1)C(=O)N[C@H]1CN(C(=O)c3cccn(Cc4c(Cl)cccc4Cl)c3=O)C[C@@H]1Oc1ccc(c(OC)c1)CNC(=O)CO2. The third kappa shape index (κ3) is 7.45. The van der Waals surface area contributed by atoms with Crippen LogP contribution >= 0.6 is 23.2 Å². The first-order valence-electron chi connectivity index (χ1n) is 15.3. The zero-order valence-corrected chi connectivity index (χ0v) is 28.0. The summed E-state index contributed by atoms with van der Waals surface area (Å²) in [6.07, 6.45) is 0.846. The van der Waals surface area contributed by atoms with E-state index in [1.54, 1.807) is 54.7 Å². The van der Waals surface area contributed by atoms with Gasteiger partial charge in [0.1, 0.15) is 34.7 Å². The van der Waals surface area contributed by atoms with Gasteiger partial charge in [-0.2, -0.15) is 0 Å². The molecule has 0 aliphatic carbocycles. The Hall–Kier alpha value is -5.20. The van der Waals surface area contributed by atoms with Crippen molar-refractivity contribution in [2.75, 3.05) is 33.9 Å². The molecule has 3 aliphatic rings. The number of carbonyl (C=O) groups excluding carboxylic acids is 3. The molecule has 0 radical (unpaired) electrons. The molecule has 3 aromatic carbocycles. The fraction of sp³-hybridized carbons (Fsp3) is 0.257. The standard InChI is InChI=1S/C35H32Cl2N4O8/c1-46-23-11-21-12-24(13-23)48-19-32(42)38-15-20-8-9-22(14-30(20)47-2)49-31-18-41(17-29(31)39-33(21)43)35(45)25-5-4-10-40(34(25)44)16-26-27(36)6-3-7-28(26)37/h3-14,29,31H,15-19H2,1-2H3,(H,38,42)(H,39,43)/t29-,31-/m0/s1. The molecule has 2 atom stereocenters. The number of aromatic nitrogens is 1. The molecule has 4 aromatic rings. The fourth-order valence-corrected chi connectivity index (χ4v) is 6.23. The molecule has 254 valence electrons. The van der Waals surface area contributed by atoms with Crippen molar-refractivity contribution in [3.63, 3.8) is 0 Å². The van der Waals surface area contributed by atoms with Crippen molar-refractivity contribution >= 4 is 40.9 Å². The minimum absolute atomic E-state index is 0.0425. The second-order valence-electron chi connectivity index (χ2n) is 11.4. The minimum Gasteiger partial charge on any atom is -0.497 e. The van der Waals surface area contributed by atoms with Crippen LogP contribution in [-0.2, 0) is 17.9 Å². The quantitative estimate of drug-likeness (QED) is 0.319. The van der Waals surface area contributed by atoms with Crippen LogP contribution in [0.5, 0.6) is 23.0 Å². The van der Waals surface area contributed by atoms with Crippen LogP contribution in [0.4, 0.5) is 0 Å². The maximum absolute atomic E-state index is 13.9. The van der Waals surface area contributed by atoms with E-state index in [2.05, 4.69) is 10.6 Å². The summed E-state index contributed by atoms with van der Waals surface area (Å²) >= 11 is 12.7. The molecule has 1 aromatic heterocycles. The average Bonchev–Trinajstić information content (AvgIpc) is 3.49. The van der Waals surface area contributed by atoms with Crippen LogP contribution in [0.1, 0.15) is 31.8 Å². The first-order chi connectivity index (χ1) is 23.6. The highest BCUT2D eigenvalue weighted by molar-refractivity contribution is 6.36. The topological polar surface area (TPSA) is 137 Å². The maximum Gasteiger partial charge on any atom is 0.263 e. The third-order valence-corrected chi connectivity index (χ3v) is 8.99. The second-order valence-corrected chi connectivity index (χ2v) is 12.3. The Morgan fingerprint density at radius 2 is 1.73 bits per heavy atom. The molecule has 0 spiro atoms. The number of nitrogens with one attached hydrogen (secondary N) is 2. The molecule has 4 heterocycles. The number of benzene rings is 3. The van der Waals surface area contributed by atoms with E-state index in [0.717, 1.165) is 0 Å². The van der Waals surface area contributed by atoms with Crippen LogP contribution in [0.2, 0.25) is 10.0 Å². The number of methoxy groups -OCH3 is 2. The van der Waals surface area contributed by atoms with Crippen molar-refractivity contribution in [2.45, 2.75) is 25.2 Å². The maximum atomic E-state index is 13.9. The van der Waals surface area contributed by atoms with Crippen LogP contribution in [0.25, 0.3) is 0 Å². The van der Waals surface area contributed by atoms with E-state index in [-0.39, 0.29) is 55.6 Å². The lowest BCUT2D eigenvalue weighted by molar-refractivity contribution is -0.123. The molecular formula is C35H32Cl2N4O8. The molecule has 7 rings (SSSR count). The Labute approximate surface area is 291 Å². The van der Waals surface area contributed by atoms with Gasteiger partial charge in [-0.3, -0.25) is 19.2 Å². The smallest absolute Gasteiger partial charge is 0.263 e. The van der Waals surface area contributed by atoms with E-state index in [1.165, 1.54) is 41.9 Å². The lowest BCUT2D eigenvalue weighted by Crippen LogP contribution is -2.45. The lowest BCUT2D eigenvalue weighted by atomic mass is 10.1. The van der Waals surface area contributed by atoms with Crippen molar-refractivity contribution in [1.82, 2.24) is 20.1 Å². The lowest BCUT2D eigenvalue weighted by Gasteiger charge is -2.22. The van der Waals surface area contributed by atoms with Gasteiger partial charge in [0.15, 0.2) is 6.61 Å². The number of hydrogen-bond donors (Lipinski definition) is 2. The normalized spacial score (nSPS) is 17.6. The molecule has 1 saturated heterocycles. The third-order valence-electron chi connectivity index (χ3n) is 8.28. The van der Waals surface area contributed by atoms with Crippen LogP contribution in [0, 0.1) is 0 Å². The molecule has 14 heteroatoms. The highest BCUT2D eigenvalue weighted by Crippen LogP contribution is 2.29. The van der Waals surface area contributed by atoms with Gasteiger partial charge in [0, 0.05) is 58.2 Å². The molecule has 1 fully saturated rings. The minimum atomic E-state index is -0.715. The summed E-state index contributed by atoms with van der Waals surface area (Å²) in [6, 6.07) is 17.2. The van der Waals surface area contributed by atoms with Gasteiger partial charge in [-0.1, -0.05) is 29.3 Å². The monoisotopic (exact) mass is 706 g/mol. The van der Waals surface area contributed by atoms with Gasteiger partial charge in [0.2, 0.25) is 0 Å². The van der Waals surface area contributed by atoms with Gasteiger partial charge in [-0.25, -0.2) is 0 Å². The fourth-order valence-electron chi connectivity index (χ4n) is 5.71. The van der Waals surface area contributed by atoms with E-state index in [1.807, 2.05) is 0 Å². The first kappa shape index (κ1) is 33.7. The Kier molecular flexibility index (Phi) is 9.97. The molecule has 2 N–H and O–H groups in total. The van der Waals surface area contributed by atoms with E-state index >= 15 is 0 Å². The predicted octanol–water partition coefficient (Wildman–Crippen LogP) is 3.93. The number of carbonyl (C=O) groups is 3. The van der Waals surface area contributed by atoms with Gasteiger partial charge in [0.25, 0.3) is 23.3 Å². The molecule has 49 heavy (non-hydrogen) atoms. The number of likely N-dealkylation sites (tertiary alicyclic amines) is 1. The van der Waals surface area contributed by atoms with Crippen molar-refractivity contribution in [2.24, 2.45) is 0 Å². The summed E-state index contributed by atoms with van der Waals surface area (Å²) in [5, 5.41) is 6.57. The highest BCUT2D eigenvalue weighted by atomic mass is 35.5. The van der Waals surface area contributed by atoms with E-state index in [0.29, 0.717) is 38.4 Å². The van der Waals surface area contributed by atoms with E-state index < -0.39 is 29.5 Å². The predicted molar refractivity (Wildman–Crippen MR) is 181 cm³/mol. The van der Waals surface area contributed by atoms with Crippen LogP contribution in [-0.4, -0.2) is 73.3 Å². The summed E-state index contributed by atoms with van der Waals surface area (Å²) in [7, 11) is 2.95. The summed E-state index contributed by atoms with van der Waals surface area (Å²) in [6.45, 7) is 0.0331. The molecule has 12 nitrogen and oxygen atoms in total. The number of fused-ring (bicyclic) bond motifs is 7. The second kappa shape index (κ2) is 14.5. The Morgan fingerprint density at radius 3 is 2.49 bits per heavy atom. The molecule has 0 unspecified atom stereocenters. The summed E-state index contributed by atoms with van der Waals surface area (Å²) in [5.74, 6) is 0.0834. The molecule has 0 saturated carbocycles. The van der Waals surface area contributed by atoms with Crippen molar-refractivity contribution in [1.29, 1.82) is 0 Å². The van der Waals surface area contributed by atoms with Crippen molar-refractivity contribution in [3.05, 3.63) is 116 Å².